The lowest BCUT2D eigenvalue weighted by atomic mass is 10.0. The molecule has 0 aliphatic carbocycles. The number of nitrogens with one attached hydrogen (secondary N) is 2. The Morgan fingerprint density at radius 1 is 0.848 bits per heavy atom. The first-order valence-corrected chi connectivity index (χ1v) is 12.3. The number of sulfonamides is 1. The van der Waals surface area contributed by atoms with E-state index in [0.717, 1.165) is 26.2 Å². The molecule has 8 nitrogen and oxygen atoms in total. The van der Waals surface area contributed by atoms with E-state index in [2.05, 4.69) is 49.0 Å². The summed E-state index contributed by atoms with van der Waals surface area (Å²) in [7, 11) is -3.80. The highest BCUT2D eigenvalue weighted by molar-refractivity contribution is 7.92. The minimum absolute atomic E-state index is 0.0179. The summed E-state index contributed by atoms with van der Waals surface area (Å²) in [6.45, 7) is 2.07. The molecule has 5 rings (SSSR count). The van der Waals surface area contributed by atoms with Crippen molar-refractivity contribution in [1.82, 2.24) is 19.9 Å². The number of aryl methyl sites for hydroxylation is 1. The van der Waals surface area contributed by atoms with E-state index in [9.17, 15) is 8.42 Å². The van der Waals surface area contributed by atoms with Crippen LogP contribution >= 0.6 is 11.3 Å². The fraction of sp³-hybridized carbons (Fsp3) is 0.0435. The van der Waals surface area contributed by atoms with Gasteiger partial charge in [-0.3, -0.25) is 0 Å². The maximum Gasteiger partial charge on any atom is 0.264 e. The zero-order valence-corrected chi connectivity index (χ0v) is 19.1. The summed E-state index contributed by atoms with van der Waals surface area (Å²) in [6, 6.07) is 18.1. The smallest absolute Gasteiger partial charge is 0.264 e. The number of anilines is 3. The Bertz CT molecular complexity index is 1520. The average Bonchev–Trinajstić information content (AvgIpc) is 3.17. The minimum Gasteiger partial charge on any atom is -0.340 e. The highest BCUT2D eigenvalue weighted by atomic mass is 32.2. The third-order valence-electron chi connectivity index (χ3n) is 4.95. The molecule has 0 saturated heterocycles. The van der Waals surface area contributed by atoms with Gasteiger partial charge in [0.2, 0.25) is 5.95 Å². The molecule has 0 amide bonds. The van der Waals surface area contributed by atoms with Crippen LogP contribution in [0.3, 0.4) is 0 Å². The molecule has 3 heterocycles. The number of nitrogens with zero attached hydrogens (tertiary/aromatic N) is 4. The number of hydrogen-bond acceptors (Lipinski definition) is 8. The van der Waals surface area contributed by atoms with Crippen molar-refractivity contribution in [3.63, 3.8) is 0 Å². The van der Waals surface area contributed by atoms with E-state index in [0.29, 0.717) is 11.5 Å². The maximum absolute atomic E-state index is 12.6. The molecule has 0 atom stereocenters. The van der Waals surface area contributed by atoms with Gasteiger partial charge >= 0.3 is 0 Å². The standard InChI is InChI=1S/C23H18N6O2S2/c1-15-19(16-6-3-2-4-7-16)20-21(26-14-27-22(20)32-15)28-17-8-10-18(11-9-17)33(30,31)29-23-24-12-5-13-25-23/h2-14H,1H3,(H,24,25,29)(H,26,27,28). The Kier molecular flexibility index (Phi) is 5.45. The quantitative estimate of drug-likeness (QED) is 0.356. The van der Waals surface area contributed by atoms with Crippen LogP contribution < -0.4 is 10.0 Å². The largest absolute Gasteiger partial charge is 0.340 e. The highest BCUT2D eigenvalue weighted by Gasteiger charge is 2.18. The number of thiophene rings is 1. The summed E-state index contributed by atoms with van der Waals surface area (Å²) in [6.07, 6.45) is 4.46. The summed E-state index contributed by atoms with van der Waals surface area (Å²) in [5, 5.41) is 4.25. The lowest BCUT2D eigenvalue weighted by Gasteiger charge is -2.10. The zero-order chi connectivity index (χ0) is 22.8. The van der Waals surface area contributed by atoms with Gasteiger partial charge in [-0.25, -0.2) is 33.1 Å². The number of benzene rings is 2. The van der Waals surface area contributed by atoms with Crippen molar-refractivity contribution in [1.29, 1.82) is 0 Å². The fourth-order valence-electron chi connectivity index (χ4n) is 3.48. The van der Waals surface area contributed by atoms with Crippen LogP contribution in [0, 0.1) is 6.92 Å². The van der Waals surface area contributed by atoms with E-state index in [-0.39, 0.29) is 10.8 Å². The van der Waals surface area contributed by atoms with Gasteiger partial charge < -0.3 is 5.32 Å². The summed E-state index contributed by atoms with van der Waals surface area (Å²) < 4.78 is 27.6. The van der Waals surface area contributed by atoms with Gasteiger partial charge in [0, 0.05) is 28.5 Å². The van der Waals surface area contributed by atoms with Crippen LogP contribution in [0.25, 0.3) is 21.3 Å². The number of hydrogen-bond donors (Lipinski definition) is 2. The molecule has 0 fully saturated rings. The van der Waals surface area contributed by atoms with Gasteiger partial charge in [-0.2, -0.15) is 0 Å². The van der Waals surface area contributed by atoms with Gasteiger partial charge in [0.25, 0.3) is 10.0 Å². The van der Waals surface area contributed by atoms with Gasteiger partial charge in [0.05, 0.1) is 10.3 Å². The molecule has 0 aliphatic heterocycles. The third-order valence-corrected chi connectivity index (χ3v) is 7.30. The predicted molar refractivity (Wildman–Crippen MR) is 130 cm³/mol. The highest BCUT2D eigenvalue weighted by Crippen LogP contribution is 2.40. The Morgan fingerprint density at radius 3 is 2.30 bits per heavy atom. The van der Waals surface area contributed by atoms with E-state index in [1.54, 1.807) is 29.5 Å². The SMILES string of the molecule is Cc1sc2ncnc(Nc3ccc(S(=O)(=O)Nc4ncccn4)cc3)c2c1-c1ccccc1. The van der Waals surface area contributed by atoms with E-state index < -0.39 is 10.0 Å². The number of aromatic nitrogens is 4. The molecule has 3 aromatic heterocycles. The second-order valence-corrected chi connectivity index (χ2v) is 10.0. The first-order chi connectivity index (χ1) is 16.0. The molecule has 0 radical (unpaired) electrons. The Hall–Kier alpha value is -3.89. The summed E-state index contributed by atoms with van der Waals surface area (Å²) in [5.74, 6) is 0.680. The van der Waals surface area contributed by atoms with Crippen LogP contribution in [-0.4, -0.2) is 28.4 Å². The Morgan fingerprint density at radius 2 is 1.58 bits per heavy atom. The van der Waals surface area contributed by atoms with Crippen LogP contribution in [0.1, 0.15) is 4.88 Å². The van der Waals surface area contributed by atoms with Crippen molar-refractivity contribution in [2.45, 2.75) is 11.8 Å². The zero-order valence-electron chi connectivity index (χ0n) is 17.4. The summed E-state index contributed by atoms with van der Waals surface area (Å²) in [5.41, 5.74) is 2.88. The van der Waals surface area contributed by atoms with Crippen LogP contribution in [0.4, 0.5) is 17.5 Å². The molecule has 2 aromatic carbocycles. The molecular formula is C23H18N6O2S2. The van der Waals surface area contributed by atoms with Gasteiger partial charge in [0.15, 0.2) is 0 Å². The lowest BCUT2D eigenvalue weighted by molar-refractivity contribution is 0.601. The van der Waals surface area contributed by atoms with Crippen molar-refractivity contribution in [2.24, 2.45) is 0 Å². The van der Waals surface area contributed by atoms with E-state index in [4.69, 9.17) is 0 Å². The van der Waals surface area contributed by atoms with Crippen LogP contribution in [-0.2, 0) is 10.0 Å². The molecule has 0 saturated carbocycles. The minimum atomic E-state index is -3.80. The Labute approximate surface area is 194 Å². The number of rotatable bonds is 6. The topological polar surface area (TPSA) is 110 Å². The van der Waals surface area contributed by atoms with E-state index >= 15 is 0 Å². The normalized spacial score (nSPS) is 11.4. The monoisotopic (exact) mass is 474 g/mol. The molecular weight excluding hydrogens is 456 g/mol. The third kappa shape index (κ3) is 4.26. The second-order valence-electron chi connectivity index (χ2n) is 7.13. The molecule has 164 valence electrons. The van der Waals surface area contributed by atoms with Crippen molar-refractivity contribution < 1.29 is 8.42 Å². The number of fused-ring (bicyclic) bond motifs is 1. The van der Waals surface area contributed by atoms with Crippen molar-refractivity contribution in [2.75, 3.05) is 10.0 Å². The molecule has 0 unspecified atom stereocenters. The van der Waals surface area contributed by atoms with Gasteiger partial charge in [0.1, 0.15) is 17.0 Å². The van der Waals surface area contributed by atoms with Gasteiger partial charge in [-0.05, 0) is 42.8 Å². The molecule has 0 aliphatic rings. The van der Waals surface area contributed by atoms with Gasteiger partial charge in [-0.15, -0.1) is 11.3 Å². The first kappa shape index (κ1) is 21.0. The maximum atomic E-state index is 12.6. The van der Waals surface area contributed by atoms with Crippen LogP contribution in [0.5, 0.6) is 0 Å². The summed E-state index contributed by atoms with van der Waals surface area (Å²) in [4.78, 5) is 18.8. The molecule has 0 bridgehead atoms. The molecule has 0 spiro atoms. The Balaban J connectivity index is 1.46. The van der Waals surface area contributed by atoms with Crippen LogP contribution in [0.2, 0.25) is 0 Å². The van der Waals surface area contributed by atoms with Crippen molar-refractivity contribution >= 4 is 49.0 Å². The lowest BCUT2D eigenvalue weighted by Crippen LogP contribution is -2.14. The molecule has 2 N–H and O–H groups in total. The molecule has 10 heteroatoms. The first-order valence-electron chi connectivity index (χ1n) is 9.98. The second kappa shape index (κ2) is 8.57. The van der Waals surface area contributed by atoms with E-state index in [1.807, 2.05) is 18.2 Å². The molecule has 5 aromatic rings. The average molecular weight is 475 g/mol. The molecule has 33 heavy (non-hydrogen) atoms. The van der Waals surface area contributed by atoms with Crippen LogP contribution in [0.15, 0.2) is 84.3 Å². The van der Waals surface area contributed by atoms with E-state index in [1.165, 1.54) is 30.9 Å². The van der Waals surface area contributed by atoms with Gasteiger partial charge in [-0.1, -0.05) is 30.3 Å². The predicted octanol–water partition coefficient (Wildman–Crippen LogP) is 5.00. The fourth-order valence-corrected chi connectivity index (χ4v) is 5.45. The van der Waals surface area contributed by atoms with Crippen molar-refractivity contribution in [3.05, 3.63) is 84.3 Å². The summed E-state index contributed by atoms with van der Waals surface area (Å²) >= 11 is 1.61. The van der Waals surface area contributed by atoms with Crippen molar-refractivity contribution in [3.8, 4) is 11.1 Å².